The van der Waals surface area contributed by atoms with Gasteiger partial charge in [-0.2, -0.15) is 0 Å². The molecule has 0 fully saturated rings. The molecule has 5 nitrogen and oxygen atoms in total. The Labute approximate surface area is 95.9 Å². The fraction of sp³-hybridized carbons (Fsp3) is 0.0909. The van der Waals surface area contributed by atoms with E-state index in [1.165, 1.54) is 24.3 Å². The van der Waals surface area contributed by atoms with Crippen LogP contribution in [0.1, 0.15) is 5.76 Å². The number of amides is 1. The molecule has 0 saturated carbocycles. The van der Waals surface area contributed by atoms with E-state index in [1.54, 1.807) is 6.92 Å². The Morgan fingerprint density at radius 3 is 2.65 bits per heavy atom. The Morgan fingerprint density at radius 1 is 1.41 bits per heavy atom. The highest BCUT2D eigenvalue weighted by Gasteiger charge is 2.16. The van der Waals surface area contributed by atoms with Gasteiger partial charge in [0.1, 0.15) is 17.2 Å². The summed E-state index contributed by atoms with van der Waals surface area (Å²) in [5, 5.41) is 14.6. The van der Waals surface area contributed by atoms with Crippen LogP contribution in [0.3, 0.4) is 0 Å². The van der Waals surface area contributed by atoms with Crippen molar-refractivity contribution in [1.29, 1.82) is 0 Å². The van der Waals surface area contributed by atoms with Crippen LogP contribution in [0, 0.1) is 12.7 Å². The third kappa shape index (κ3) is 2.25. The highest BCUT2D eigenvalue weighted by atomic mass is 19.1. The Bertz CT molecular complexity index is 548. The van der Waals surface area contributed by atoms with E-state index in [9.17, 15) is 9.18 Å². The number of nitrogens with one attached hydrogen (secondary N) is 1. The average Bonchev–Trinajstić information content (AvgIpc) is 2.61. The van der Waals surface area contributed by atoms with E-state index >= 15 is 0 Å². The first-order valence-electron chi connectivity index (χ1n) is 4.80. The van der Waals surface area contributed by atoms with Crippen LogP contribution in [0.4, 0.5) is 14.9 Å². The second-order valence-electron chi connectivity index (χ2n) is 3.40. The summed E-state index contributed by atoms with van der Waals surface area (Å²) in [5.41, 5.74) is 1.18. The second kappa shape index (κ2) is 4.25. The summed E-state index contributed by atoms with van der Waals surface area (Å²) in [5.74, 6) is -0.0200. The molecule has 0 aliphatic heterocycles. The number of carboxylic acid groups (broad SMARTS) is 1. The lowest BCUT2D eigenvalue weighted by molar-refractivity contribution is 0.209. The number of rotatable bonds is 2. The summed E-state index contributed by atoms with van der Waals surface area (Å²) in [7, 11) is 0. The summed E-state index contributed by atoms with van der Waals surface area (Å²) >= 11 is 0. The Hall–Kier alpha value is -2.37. The maximum absolute atomic E-state index is 12.8. The maximum atomic E-state index is 12.8. The fourth-order valence-corrected chi connectivity index (χ4v) is 1.43. The molecule has 1 aromatic carbocycles. The number of benzene rings is 1. The number of aryl methyl sites for hydroxylation is 1. The Kier molecular flexibility index (Phi) is 2.78. The van der Waals surface area contributed by atoms with Crippen molar-refractivity contribution in [3.8, 4) is 11.3 Å². The van der Waals surface area contributed by atoms with Gasteiger partial charge in [-0.25, -0.2) is 9.18 Å². The Balaban J connectivity index is 2.45. The first kappa shape index (κ1) is 11.1. The molecule has 0 radical (unpaired) electrons. The van der Waals surface area contributed by atoms with Crippen molar-refractivity contribution >= 4 is 11.8 Å². The first-order chi connectivity index (χ1) is 8.08. The van der Waals surface area contributed by atoms with Gasteiger partial charge in [-0.15, -0.1) is 0 Å². The molecule has 0 atom stereocenters. The Morgan fingerprint density at radius 2 is 2.06 bits per heavy atom. The number of hydrogen-bond donors (Lipinski definition) is 2. The molecular formula is C11H9FN2O3. The monoisotopic (exact) mass is 236 g/mol. The molecule has 0 bridgehead atoms. The predicted octanol–water partition coefficient (Wildman–Crippen LogP) is 2.88. The van der Waals surface area contributed by atoms with Crippen molar-refractivity contribution < 1.29 is 18.8 Å². The van der Waals surface area contributed by atoms with Crippen molar-refractivity contribution in [3.63, 3.8) is 0 Å². The van der Waals surface area contributed by atoms with Gasteiger partial charge in [0.25, 0.3) is 0 Å². The zero-order chi connectivity index (χ0) is 12.4. The molecule has 2 aromatic rings. The first-order valence-corrected chi connectivity index (χ1v) is 4.80. The lowest BCUT2D eigenvalue weighted by atomic mass is 10.1. The van der Waals surface area contributed by atoms with Gasteiger partial charge in [-0.05, 0) is 31.2 Å². The molecule has 1 heterocycles. The van der Waals surface area contributed by atoms with Crippen LogP contribution < -0.4 is 5.32 Å². The number of carbonyl (C=O) groups is 1. The van der Waals surface area contributed by atoms with Crippen LogP contribution in [0.15, 0.2) is 28.8 Å². The van der Waals surface area contributed by atoms with E-state index in [1.807, 2.05) is 0 Å². The normalized spacial score (nSPS) is 10.2. The predicted molar refractivity (Wildman–Crippen MR) is 58.3 cm³/mol. The molecule has 0 spiro atoms. The minimum absolute atomic E-state index is 0.268. The SMILES string of the molecule is Cc1onc(-c2ccc(F)cc2)c1NC(=O)O. The number of aromatic nitrogens is 1. The van der Waals surface area contributed by atoms with Crippen LogP contribution in [0.2, 0.25) is 0 Å². The molecule has 88 valence electrons. The fourth-order valence-electron chi connectivity index (χ4n) is 1.43. The molecule has 2 N–H and O–H groups in total. The third-order valence-electron chi connectivity index (χ3n) is 2.21. The van der Waals surface area contributed by atoms with Gasteiger partial charge in [-0.3, -0.25) is 5.32 Å². The topological polar surface area (TPSA) is 75.4 Å². The van der Waals surface area contributed by atoms with Gasteiger partial charge in [0.15, 0.2) is 5.76 Å². The number of nitrogens with zero attached hydrogens (tertiary/aromatic N) is 1. The summed E-state index contributed by atoms with van der Waals surface area (Å²) in [4.78, 5) is 10.6. The number of halogens is 1. The molecular weight excluding hydrogens is 227 g/mol. The minimum Gasteiger partial charge on any atom is -0.465 e. The van der Waals surface area contributed by atoms with E-state index in [-0.39, 0.29) is 11.5 Å². The van der Waals surface area contributed by atoms with Crippen LogP contribution in [-0.4, -0.2) is 16.4 Å². The molecule has 17 heavy (non-hydrogen) atoms. The number of hydrogen-bond acceptors (Lipinski definition) is 3. The highest BCUT2D eigenvalue weighted by Crippen LogP contribution is 2.29. The molecule has 0 aliphatic rings. The zero-order valence-corrected chi connectivity index (χ0v) is 8.90. The largest absolute Gasteiger partial charge is 0.465 e. The summed E-state index contributed by atoms with van der Waals surface area (Å²) < 4.78 is 17.7. The van der Waals surface area contributed by atoms with Crippen LogP contribution in [0.5, 0.6) is 0 Å². The molecule has 6 heteroatoms. The molecule has 0 unspecified atom stereocenters. The molecule has 2 rings (SSSR count). The molecule has 1 aromatic heterocycles. The van der Waals surface area contributed by atoms with E-state index < -0.39 is 6.09 Å². The van der Waals surface area contributed by atoms with Crippen LogP contribution in [0.25, 0.3) is 11.3 Å². The van der Waals surface area contributed by atoms with Gasteiger partial charge >= 0.3 is 6.09 Å². The molecule has 0 aliphatic carbocycles. The van der Waals surface area contributed by atoms with Crippen molar-refractivity contribution in [1.82, 2.24) is 5.16 Å². The van der Waals surface area contributed by atoms with Gasteiger partial charge in [0, 0.05) is 5.56 Å². The quantitative estimate of drug-likeness (QED) is 0.840. The smallest absolute Gasteiger partial charge is 0.409 e. The van der Waals surface area contributed by atoms with Gasteiger partial charge in [0.2, 0.25) is 0 Å². The second-order valence-corrected chi connectivity index (χ2v) is 3.40. The lowest BCUT2D eigenvalue weighted by Crippen LogP contribution is -2.08. The van der Waals surface area contributed by atoms with Crippen LogP contribution in [-0.2, 0) is 0 Å². The highest BCUT2D eigenvalue weighted by molar-refractivity contribution is 5.89. The summed E-state index contributed by atoms with van der Waals surface area (Å²) in [6, 6.07) is 5.53. The standard InChI is InChI=1S/C11H9FN2O3/c1-6-9(13-11(15)16)10(14-17-6)7-2-4-8(12)5-3-7/h2-5,13H,1H3,(H,15,16). The zero-order valence-electron chi connectivity index (χ0n) is 8.90. The van der Waals surface area contributed by atoms with Gasteiger partial charge < -0.3 is 9.63 Å². The minimum atomic E-state index is -1.21. The average molecular weight is 236 g/mol. The van der Waals surface area contributed by atoms with Gasteiger partial charge in [0.05, 0.1) is 0 Å². The summed E-state index contributed by atoms with van der Waals surface area (Å²) in [6.45, 7) is 1.59. The lowest BCUT2D eigenvalue weighted by Gasteiger charge is -2.01. The van der Waals surface area contributed by atoms with E-state index in [2.05, 4.69) is 10.5 Å². The van der Waals surface area contributed by atoms with E-state index in [0.29, 0.717) is 17.0 Å². The van der Waals surface area contributed by atoms with Gasteiger partial charge in [-0.1, -0.05) is 5.16 Å². The summed E-state index contributed by atoms with van der Waals surface area (Å²) in [6.07, 6.45) is -1.21. The number of anilines is 1. The maximum Gasteiger partial charge on any atom is 0.409 e. The van der Waals surface area contributed by atoms with E-state index in [0.717, 1.165) is 0 Å². The molecule has 1 amide bonds. The van der Waals surface area contributed by atoms with Crippen LogP contribution >= 0.6 is 0 Å². The third-order valence-corrected chi connectivity index (χ3v) is 2.21. The molecule has 0 saturated heterocycles. The van der Waals surface area contributed by atoms with Crippen molar-refractivity contribution in [2.75, 3.05) is 5.32 Å². The van der Waals surface area contributed by atoms with E-state index in [4.69, 9.17) is 9.63 Å². The van der Waals surface area contributed by atoms with Crippen molar-refractivity contribution in [2.24, 2.45) is 0 Å². The van der Waals surface area contributed by atoms with Crippen molar-refractivity contribution in [2.45, 2.75) is 6.92 Å². The van der Waals surface area contributed by atoms with Crippen molar-refractivity contribution in [3.05, 3.63) is 35.8 Å².